The second kappa shape index (κ2) is 4.96. The monoisotopic (exact) mass is 275 g/mol. The van der Waals surface area contributed by atoms with Crippen LogP contribution in [0.25, 0.3) is 10.1 Å². The van der Waals surface area contributed by atoms with E-state index in [0.717, 1.165) is 16.2 Å². The highest BCUT2D eigenvalue weighted by atomic mass is 35.5. The zero-order chi connectivity index (χ0) is 12.4. The molecule has 2 heterocycles. The highest BCUT2D eigenvalue weighted by molar-refractivity contribution is 7.19. The highest BCUT2D eigenvalue weighted by Crippen LogP contribution is 2.28. The van der Waals surface area contributed by atoms with Crippen molar-refractivity contribution < 1.29 is 4.74 Å². The van der Waals surface area contributed by atoms with Crippen LogP contribution in [0.5, 0.6) is 5.75 Å². The van der Waals surface area contributed by atoms with E-state index in [2.05, 4.69) is 11.1 Å². The van der Waals surface area contributed by atoms with Crippen molar-refractivity contribution in [3.63, 3.8) is 0 Å². The molecule has 0 saturated carbocycles. The van der Waals surface area contributed by atoms with Gasteiger partial charge < -0.3 is 4.74 Å². The summed E-state index contributed by atoms with van der Waals surface area (Å²) < 4.78 is 6.89. The molecule has 0 aliphatic heterocycles. The van der Waals surface area contributed by atoms with Crippen molar-refractivity contribution in [2.24, 2.45) is 0 Å². The van der Waals surface area contributed by atoms with Crippen LogP contribution in [0.4, 0.5) is 0 Å². The van der Waals surface area contributed by atoms with Crippen LogP contribution in [0.15, 0.2) is 48.8 Å². The summed E-state index contributed by atoms with van der Waals surface area (Å²) in [5, 5.41) is 1.93. The number of nitrogens with zero attached hydrogens (tertiary/aromatic N) is 1. The van der Waals surface area contributed by atoms with Crippen molar-refractivity contribution in [1.29, 1.82) is 0 Å². The lowest BCUT2D eigenvalue weighted by atomic mass is 10.2. The van der Waals surface area contributed by atoms with Gasteiger partial charge in [-0.1, -0.05) is 11.6 Å². The van der Waals surface area contributed by atoms with Gasteiger partial charge in [0.15, 0.2) is 0 Å². The maximum atomic E-state index is 5.97. The number of benzene rings is 1. The Hall–Kier alpha value is -1.58. The van der Waals surface area contributed by atoms with Crippen LogP contribution in [-0.2, 0) is 6.61 Å². The Morgan fingerprint density at radius 3 is 3.00 bits per heavy atom. The van der Waals surface area contributed by atoms with Gasteiger partial charge in [-0.05, 0) is 41.8 Å². The van der Waals surface area contributed by atoms with E-state index in [1.54, 1.807) is 23.7 Å². The fourth-order valence-corrected chi connectivity index (χ4v) is 2.87. The molecule has 0 unspecified atom stereocenters. The number of pyridine rings is 1. The molecule has 3 rings (SSSR count). The standard InChI is InChI=1S/C14H10ClNOS/c15-11-3-4-14-10(6-11)7-13(18-14)9-17-12-2-1-5-16-8-12/h1-8H,9H2. The average molecular weight is 276 g/mol. The molecule has 0 spiro atoms. The van der Waals surface area contributed by atoms with Crippen LogP contribution in [0.3, 0.4) is 0 Å². The quantitative estimate of drug-likeness (QED) is 0.701. The smallest absolute Gasteiger partial charge is 0.138 e. The van der Waals surface area contributed by atoms with Gasteiger partial charge in [0.2, 0.25) is 0 Å². The fourth-order valence-electron chi connectivity index (χ4n) is 1.73. The van der Waals surface area contributed by atoms with Crippen molar-refractivity contribution >= 4 is 33.0 Å². The van der Waals surface area contributed by atoms with Crippen LogP contribution in [-0.4, -0.2) is 4.98 Å². The molecule has 90 valence electrons. The molecule has 0 fully saturated rings. The lowest BCUT2D eigenvalue weighted by Crippen LogP contribution is -1.92. The Balaban J connectivity index is 1.79. The van der Waals surface area contributed by atoms with Gasteiger partial charge >= 0.3 is 0 Å². The van der Waals surface area contributed by atoms with Crippen LogP contribution >= 0.6 is 22.9 Å². The van der Waals surface area contributed by atoms with Gasteiger partial charge in [0.25, 0.3) is 0 Å². The van der Waals surface area contributed by atoms with Crippen LogP contribution in [0.2, 0.25) is 5.02 Å². The first-order valence-electron chi connectivity index (χ1n) is 5.52. The first-order valence-corrected chi connectivity index (χ1v) is 6.71. The summed E-state index contributed by atoms with van der Waals surface area (Å²) in [7, 11) is 0. The minimum atomic E-state index is 0.558. The lowest BCUT2D eigenvalue weighted by Gasteiger charge is -2.02. The average Bonchev–Trinajstić information content (AvgIpc) is 2.79. The number of rotatable bonds is 3. The molecule has 2 aromatic heterocycles. The molecule has 0 amide bonds. The minimum absolute atomic E-state index is 0.558. The molecule has 0 bridgehead atoms. The maximum absolute atomic E-state index is 5.97. The van der Waals surface area contributed by atoms with Crippen LogP contribution in [0, 0.1) is 0 Å². The number of hydrogen-bond acceptors (Lipinski definition) is 3. The molecule has 3 aromatic rings. The van der Waals surface area contributed by atoms with Crippen molar-refractivity contribution in [1.82, 2.24) is 4.98 Å². The summed E-state index contributed by atoms with van der Waals surface area (Å²) in [4.78, 5) is 5.19. The zero-order valence-corrected chi connectivity index (χ0v) is 11.0. The number of halogens is 1. The molecule has 18 heavy (non-hydrogen) atoms. The minimum Gasteiger partial charge on any atom is -0.486 e. The highest BCUT2D eigenvalue weighted by Gasteiger charge is 2.03. The van der Waals surface area contributed by atoms with Gasteiger partial charge in [0.1, 0.15) is 12.4 Å². The summed E-state index contributed by atoms with van der Waals surface area (Å²) >= 11 is 7.69. The summed E-state index contributed by atoms with van der Waals surface area (Å²) in [5.74, 6) is 0.785. The lowest BCUT2D eigenvalue weighted by molar-refractivity contribution is 0.308. The summed E-state index contributed by atoms with van der Waals surface area (Å²) in [5.41, 5.74) is 0. The van der Waals surface area contributed by atoms with E-state index in [1.807, 2.05) is 30.3 Å². The normalized spacial score (nSPS) is 10.7. The van der Waals surface area contributed by atoms with E-state index >= 15 is 0 Å². The fraction of sp³-hybridized carbons (Fsp3) is 0.0714. The van der Waals surface area contributed by atoms with Crippen molar-refractivity contribution in [3.05, 3.63) is 58.7 Å². The molecule has 0 saturated heterocycles. The summed E-state index contributed by atoms with van der Waals surface area (Å²) in [6.07, 6.45) is 3.44. The number of thiophene rings is 1. The van der Waals surface area contributed by atoms with E-state index in [9.17, 15) is 0 Å². The van der Waals surface area contributed by atoms with E-state index < -0.39 is 0 Å². The Bertz CT molecular complexity index is 666. The third kappa shape index (κ3) is 2.47. The Kier molecular flexibility index (Phi) is 3.17. The molecule has 0 N–H and O–H groups in total. The van der Waals surface area contributed by atoms with Crippen molar-refractivity contribution in [2.45, 2.75) is 6.61 Å². The molecule has 1 aromatic carbocycles. The van der Waals surface area contributed by atoms with E-state index in [-0.39, 0.29) is 0 Å². The Morgan fingerprint density at radius 2 is 2.17 bits per heavy atom. The molecule has 0 aliphatic carbocycles. The molecule has 2 nitrogen and oxygen atoms in total. The first-order chi connectivity index (χ1) is 8.81. The predicted molar refractivity (Wildman–Crippen MR) is 75.4 cm³/mol. The predicted octanol–water partition coefficient (Wildman–Crippen LogP) is 4.53. The number of ether oxygens (including phenoxy) is 1. The molecule has 0 radical (unpaired) electrons. The first kappa shape index (κ1) is 11.5. The molecular weight excluding hydrogens is 266 g/mol. The zero-order valence-electron chi connectivity index (χ0n) is 9.47. The van der Waals surface area contributed by atoms with Gasteiger partial charge in [-0.15, -0.1) is 11.3 Å². The largest absolute Gasteiger partial charge is 0.486 e. The third-order valence-corrected chi connectivity index (χ3v) is 3.87. The van der Waals surface area contributed by atoms with E-state index in [0.29, 0.717) is 6.61 Å². The number of fused-ring (bicyclic) bond motifs is 1. The SMILES string of the molecule is Clc1ccc2sc(COc3cccnc3)cc2c1. The molecule has 0 atom stereocenters. The Labute approximate surface area is 114 Å². The Morgan fingerprint density at radius 1 is 1.22 bits per heavy atom. The van der Waals surface area contributed by atoms with E-state index in [1.165, 1.54) is 9.58 Å². The number of aromatic nitrogens is 1. The molecule has 4 heteroatoms. The van der Waals surface area contributed by atoms with Crippen LogP contribution < -0.4 is 4.74 Å². The van der Waals surface area contributed by atoms with Gasteiger partial charge in [0.05, 0.1) is 6.20 Å². The van der Waals surface area contributed by atoms with Crippen LogP contribution in [0.1, 0.15) is 4.88 Å². The van der Waals surface area contributed by atoms with Gasteiger partial charge in [0, 0.05) is 20.8 Å². The molecular formula is C14H10ClNOS. The van der Waals surface area contributed by atoms with Crippen molar-refractivity contribution in [2.75, 3.05) is 0 Å². The molecule has 0 aliphatic rings. The van der Waals surface area contributed by atoms with Gasteiger partial charge in [-0.2, -0.15) is 0 Å². The van der Waals surface area contributed by atoms with Gasteiger partial charge in [-0.25, -0.2) is 0 Å². The summed E-state index contributed by atoms with van der Waals surface area (Å²) in [6, 6.07) is 11.8. The second-order valence-electron chi connectivity index (χ2n) is 3.87. The second-order valence-corrected chi connectivity index (χ2v) is 5.48. The summed E-state index contributed by atoms with van der Waals surface area (Å²) in [6.45, 7) is 0.558. The third-order valence-electron chi connectivity index (χ3n) is 2.54. The maximum Gasteiger partial charge on any atom is 0.138 e. The van der Waals surface area contributed by atoms with Crippen molar-refractivity contribution in [3.8, 4) is 5.75 Å². The van der Waals surface area contributed by atoms with E-state index in [4.69, 9.17) is 16.3 Å². The topological polar surface area (TPSA) is 22.1 Å². The van der Waals surface area contributed by atoms with Gasteiger partial charge in [-0.3, -0.25) is 4.98 Å². The number of hydrogen-bond donors (Lipinski definition) is 0.